The monoisotopic (exact) mass is 238 g/mol. The van der Waals surface area contributed by atoms with Crippen LogP contribution in [-0.4, -0.2) is 12.5 Å². The summed E-state index contributed by atoms with van der Waals surface area (Å²) < 4.78 is 13.4. The summed E-state index contributed by atoms with van der Waals surface area (Å²) >= 11 is 0. The van der Waals surface area contributed by atoms with Crippen molar-refractivity contribution in [3.8, 4) is 0 Å². The molecule has 0 saturated carbocycles. The van der Waals surface area contributed by atoms with Gasteiger partial charge in [-0.1, -0.05) is 19.4 Å². The topological polar surface area (TPSA) is 55.1 Å². The molecule has 1 aromatic carbocycles. The summed E-state index contributed by atoms with van der Waals surface area (Å²) in [5, 5.41) is 2.59. The molecular weight excluding hydrogens is 219 g/mol. The van der Waals surface area contributed by atoms with Crippen LogP contribution in [0.25, 0.3) is 0 Å². The van der Waals surface area contributed by atoms with E-state index in [1.54, 1.807) is 12.1 Å². The first-order valence-corrected chi connectivity index (χ1v) is 5.85. The zero-order valence-electron chi connectivity index (χ0n) is 10.3. The molecule has 3 N–H and O–H groups in total. The molecule has 1 unspecified atom stereocenters. The van der Waals surface area contributed by atoms with Gasteiger partial charge in [-0.2, -0.15) is 0 Å². The number of halogens is 1. The number of nitrogens with two attached hydrogens (primary N) is 1. The number of anilines is 1. The van der Waals surface area contributed by atoms with E-state index in [0.717, 1.165) is 18.4 Å². The molecule has 0 fully saturated rings. The molecule has 1 atom stereocenters. The van der Waals surface area contributed by atoms with Gasteiger partial charge in [0.1, 0.15) is 5.82 Å². The Bertz CT molecular complexity index is 393. The lowest BCUT2D eigenvalue weighted by Crippen LogP contribution is -2.29. The number of benzene rings is 1. The first-order chi connectivity index (χ1) is 8.08. The Labute approximate surface area is 101 Å². The normalized spacial score (nSPS) is 12.2. The lowest BCUT2D eigenvalue weighted by Gasteiger charge is -2.14. The van der Waals surface area contributed by atoms with Gasteiger partial charge >= 0.3 is 0 Å². The highest BCUT2D eigenvalue weighted by molar-refractivity contribution is 5.92. The quantitative estimate of drug-likeness (QED) is 0.827. The summed E-state index contributed by atoms with van der Waals surface area (Å²) in [5.41, 5.74) is 6.66. The molecule has 94 valence electrons. The number of carbonyl (C=O) groups is 1. The second kappa shape index (κ2) is 6.35. The molecule has 1 rings (SSSR count). The van der Waals surface area contributed by atoms with Crippen molar-refractivity contribution in [3.05, 3.63) is 29.6 Å². The Morgan fingerprint density at radius 2 is 2.24 bits per heavy atom. The van der Waals surface area contributed by atoms with Crippen LogP contribution in [0.1, 0.15) is 25.3 Å². The Morgan fingerprint density at radius 3 is 2.82 bits per heavy atom. The van der Waals surface area contributed by atoms with Gasteiger partial charge in [0.05, 0.1) is 11.6 Å². The lowest BCUT2D eigenvalue weighted by molar-refractivity contribution is -0.119. The van der Waals surface area contributed by atoms with Crippen LogP contribution < -0.4 is 11.1 Å². The van der Waals surface area contributed by atoms with Crippen LogP contribution in [0.5, 0.6) is 0 Å². The van der Waals surface area contributed by atoms with Crippen LogP contribution in [0.15, 0.2) is 18.2 Å². The Kier molecular flexibility index (Phi) is 5.10. The average molecular weight is 238 g/mol. The highest BCUT2D eigenvalue weighted by Crippen LogP contribution is 2.17. The Balaban J connectivity index is 2.76. The average Bonchev–Trinajstić information content (AvgIpc) is 2.30. The number of aryl methyl sites for hydroxylation is 1. The molecule has 0 radical (unpaired) electrons. The predicted molar refractivity (Wildman–Crippen MR) is 67.2 cm³/mol. The smallest absolute Gasteiger partial charge is 0.228 e. The number of carbonyl (C=O) groups excluding carboxylic acids is 1. The molecule has 1 aromatic rings. The van der Waals surface area contributed by atoms with Crippen LogP contribution in [0, 0.1) is 18.7 Å². The van der Waals surface area contributed by atoms with Crippen molar-refractivity contribution in [1.82, 2.24) is 0 Å². The molecule has 0 aliphatic carbocycles. The summed E-state index contributed by atoms with van der Waals surface area (Å²) in [6, 6.07) is 4.63. The fourth-order valence-corrected chi connectivity index (χ4v) is 1.67. The third kappa shape index (κ3) is 3.82. The third-order valence-electron chi connectivity index (χ3n) is 2.67. The Morgan fingerprint density at radius 1 is 1.53 bits per heavy atom. The minimum atomic E-state index is -0.420. The molecule has 3 nitrogen and oxygen atoms in total. The number of amides is 1. The van der Waals surface area contributed by atoms with Crippen LogP contribution in [-0.2, 0) is 4.79 Å². The molecule has 0 aliphatic heterocycles. The second-order valence-electron chi connectivity index (χ2n) is 4.19. The number of hydrogen-bond donors (Lipinski definition) is 2. The number of hydrogen-bond acceptors (Lipinski definition) is 2. The predicted octanol–water partition coefficient (Wildman–Crippen LogP) is 2.45. The molecule has 0 aliphatic rings. The third-order valence-corrected chi connectivity index (χ3v) is 2.67. The van der Waals surface area contributed by atoms with Crippen molar-refractivity contribution in [3.63, 3.8) is 0 Å². The van der Waals surface area contributed by atoms with Crippen molar-refractivity contribution in [2.45, 2.75) is 26.7 Å². The molecule has 0 bridgehead atoms. The molecule has 0 heterocycles. The van der Waals surface area contributed by atoms with Crippen molar-refractivity contribution >= 4 is 11.6 Å². The zero-order chi connectivity index (χ0) is 12.8. The van der Waals surface area contributed by atoms with Crippen molar-refractivity contribution < 1.29 is 9.18 Å². The second-order valence-corrected chi connectivity index (χ2v) is 4.19. The summed E-state index contributed by atoms with van der Waals surface area (Å²) in [6.07, 6.45) is 1.60. The SMILES string of the molecule is CCCC(CN)C(=O)Nc1cc(C)ccc1F. The fourth-order valence-electron chi connectivity index (χ4n) is 1.67. The van der Waals surface area contributed by atoms with E-state index in [4.69, 9.17) is 5.73 Å². The molecule has 1 amide bonds. The van der Waals surface area contributed by atoms with E-state index in [9.17, 15) is 9.18 Å². The van der Waals surface area contributed by atoms with Gasteiger partial charge in [-0.3, -0.25) is 4.79 Å². The molecule has 4 heteroatoms. The van der Waals surface area contributed by atoms with Gasteiger partial charge < -0.3 is 11.1 Å². The van der Waals surface area contributed by atoms with Gasteiger partial charge in [-0.15, -0.1) is 0 Å². The zero-order valence-corrected chi connectivity index (χ0v) is 10.3. The van der Waals surface area contributed by atoms with Crippen molar-refractivity contribution in [2.75, 3.05) is 11.9 Å². The summed E-state index contributed by atoms with van der Waals surface area (Å²) in [5.74, 6) is -0.880. The fraction of sp³-hybridized carbons (Fsp3) is 0.462. The van der Waals surface area contributed by atoms with Crippen molar-refractivity contribution in [2.24, 2.45) is 11.7 Å². The minimum absolute atomic E-state index is 0.209. The van der Waals surface area contributed by atoms with Gasteiger partial charge in [0, 0.05) is 6.54 Å². The van der Waals surface area contributed by atoms with Gasteiger partial charge in [0.2, 0.25) is 5.91 Å². The van der Waals surface area contributed by atoms with Gasteiger partial charge in [0.25, 0.3) is 0 Å². The molecular formula is C13H19FN2O. The van der Waals surface area contributed by atoms with Crippen LogP contribution in [0.4, 0.5) is 10.1 Å². The van der Waals surface area contributed by atoms with E-state index in [-0.39, 0.29) is 24.1 Å². The largest absolute Gasteiger partial charge is 0.330 e. The summed E-state index contributed by atoms with van der Waals surface area (Å²) in [7, 11) is 0. The van der Waals surface area contributed by atoms with Crippen LogP contribution in [0.2, 0.25) is 0 Å². The molecule has 0 aromatic heterocycles. The highest BCUT2D eigenvalue weighted by atomic mass is 19.1. The van der Waals surface area contributed by atoms with Crippen molar-refractivity contribution in [1.29, 1.82) is 0 Å². The number of nitrogens with one attached hydrogen (secondary N) is 1. The van der Waals surface area contributed by atoms with E-state index in [1.807, 2.05) is 13.8 Å². The maximum absolute atomic E-state index is 13.4. The van der Waals surface area contributed by atoms with E-state index in [2.05, 4.69) is 5.32 Å². The van der Waals surface area contributed by atoms with Gasteiger partial charge in [-0.25, -0.2) is 4.39 Å². The highest BCUT2D eigenvalue weighted by Gasteiger charge is 2.17. The maximum Gasteiger partial charge on any atom is 0.228 e. The first kappa shape index (κ1) is 13.6. The number of rotatable bonds is 5. The van der Waals surface area contributed by atoms with Crippen LogP contribution in [0.3, 0.4) is 0 Å². The molecule has 0 saturated heterocycles. The minimum Gasteiger partial charge on any atom is -0.330 e. The van der Waals surface area contributed by atoms with Gasteiger partial charge in [-0.05, 0) is 31.0 Å². The first-order valence-electron chi connectivity index (χ1n) is 5.85. The van der Waals surface area contributed by atoms with E-state index < -0.39 is 5.82 Å². The summed E-state index contributed by atoms with van der Waals surface area (Å²) in [4.78, 5) is 11.8. The van der Waals surface area contributed by atoms with Gasteiger partial charge in [0.15, 0.2) is 0 Å². The van der Waals surface area contributed by atoms with E-state index in [1.165, 1.54) is 6.07 Å². The lowest BCUT2D eigenvalue weighted by atomic mass is 10.0. The maximum atomic E-state index is 13.4. The van der Waals surface area contributed by atoms with E-state index in [0.29, 0.717) is 0 Å². The molecule has 0 spiro atoms. The Hall–Kier alpha value is -1.42. The summed E-state index contributed by atoms with van der Waals surface area (Å²) in [6.45, 7) is 4.12. The standard InChI is InChI=1S/C13H19FN2O/c1-3-4-10(8-15)13(17)16-12-7-9(2)5-6-11(12)14/h5-7,10H,3-4,8,15H2,1-2H3,(H,16,17). The van der Waals surface area contributed by atoms with Crippen LogP contribution >= 0.6 is 0 Å². The van der Waals surface area contributed by atoms with E-state index >= 15 is 0 Å². The molecule has 17 heavy (non-hydrogen) atoms.